The van der Waals surface area contributed by atoms with Gasteiger partial charge in [-0.2, -0.15) is 0 Å². The second-order valence-electron chi connectivity index (χ2n) is 7.78. The maximum Gasteiger partial charge on any atom is 0.280 e. The predicted octanol–water partition coefficient (Wildman–Crippen LogP) is 2.89. The number of H-pyrrole nitrogens is 1. The van der Waals surface area contributed by atoms with Gasteiger partial charge in [0.05, 0.1) is 16.9 Å². The number of rotatable bonds is 7. The summed E-state index contributed by atoms with van der Waals surface area (Å²) >= 11 is 0. The number of benzene rings is 2. The Balaban J connectivity index is 1.50. The number of para-hydroxylation sites is 1. The Morgan fingerprint density at radius 2 is 1.63 bits per heavy atom. The smallest absolute Gasteiger partial charge is 0.280 e. The Kier molecular flexibility index (Phi) is 6.57. The molecule has 1 fully saturated rings. The van der Waals surface area contributed by atoms with Crippen molar-refractivity contribution in [3.8, 4) is 16.9 Å². The van der Waals surface area contributed by atoms with Crippen molar-refractivity contribution < 1.29 is 0 Å². The van der Waals surface area contributed by atoms with E-state index >= 15 is 0 Å². The first-order valence-electron chi connectivity index (χ1n) is 10.6. The SMILES string of the molecule is CN1CCN(CCCN=Cc2c(-c3ccccc3)[nH]n(-c3ccccc3)c2=O)CC1. The van der Waals surface area contributed by atoms with Gasteiger partial charge in [-0.25, -0.2) is 4.68 Å². The highest BCUT2D eigenvalue weighted by atomic mass is 16.1. The summed E-state index contributed by atoms with van der Waals surface area (Å²) in [6, 6.07) is 19.6. The van der Waals surface area contributed by atoms with Crippen molar-refractivity contribution in [3.05, 3.63) is 76.6 Å². The summed E-state index contributed by atoms with van der Waals surface area (Å²) in [5.41, 5.74) is 3.11. The molecule has 4 rings (SSSR count). The Morgan fingerprint density at radius 1 is 0.967 bits per heavy atom. The number of hydrogen-bond acceptors (Lipinski definition) is 4. The van der Waals surface area contributed by atoms with Crippen molar-refractivity contribution in [2.45, 2.75) is 6.42 Å². The van der Waals surface area contributed by atoms with Crippen LogP contribution in [0.15, 0.2) is 70.5 Å². The lowest BCUT2D eigenvalue weighted by Gasteiger charge is -2.32. The summed E-state index contributed by atoms with van der Waals surface area (Å²) in [5.74, 6) is 0. The molecule has 3 aromatic rings. The molecule has 156 valence electrons. The van der Waals surface area contributed by atoms with Gasteiger partial charge in [-0.1, -0.05) is 48.5 Å². The number of aromatic nitrogens is 2. The quantitative estimate of drug-likeness (QED) is 0.488. The van der Waals surface area contributed by atoms with Crippen molar-refractivity contribution in [1.82, 2.24) is 19.6 Å². The molecule has 6 nitrogen and oxygen atoms in total. The lowest BCUT2D eigenvalue weighted by atomic mass is 10.1. The maximum absolute atomic E-state index is 13.1. The first-order chi connectivity index (χ1) is 14.7. The van der Waals surface area contributed by atoms with Gasteiger partial charge in [-0.05, 0) is 32.1 Å². The number of aromatic amines is 1. The van der Waals surface area contributed by atoms with Crippen molar-refractivity contribution in [2.75, 3.05) is 46.3 Å². The first-order valence-corrected chi connectivity index (χ1v) is 10.6. The highest BCUT2D eigenvalue weighted by Gasteiger charge is 2.15. The van der Waals surface area contributed by atoms with E-state index < -0.39 is 0 Å². The van der Waals surface area contributed by atoms with Gasteiger partial charge in [-0.15, -0.1) is 0 Å². The molecule has 0 unspecified atom stereocenters. The van der Waals surface area contributed by atoms with Crippen molar-refractivity contribution >= 4 is 6.21 Å². The van der Waals surface area contributed by atoms with Crippen LogP contribution in [0.5, 0.6) is 0 Å². The molecule has 0 radical (unpaired) electrons. The second-order valence-corrected chi connectivity index (χ2v) is 7.78. The van der Waals surface area contributed by atoms with E-state index in [4.69, 9.17) is 0 Å². The summed E-state index contributed by atoms with van der Waals surface area (Å²) in [7, 11) is 2.17. The largest absolute Gasteiger partial charge is 0.304 e. The molecule has 0 aliphatic carbocycles. The number of likely N-dealkylation sites (N-methyl/N-ethyl adjacent to an activating group) is 1. The van der Waals surface area contributed by atoms with E-state index in [-0.39, 0.29) is 5.56 Å². The van der Waals surface area contributed by atoms with Gasteiger partial charge in [0.1, 0.15) is 0 Å². The minimum absolute atomic E-state index is 0.0807. The Labute approximate surface area is 177 Å². The number of nitrogens with zero attached hydrogens (tertiary/aromatic N) is 4. The Hall–Kier alpha value is -2.96. The molecule has 1 N–H and O–H groups in total. The van der Waals surface area contributed by atoms with E-state index in [0.717, 1.165) is 62.6 Å². The third-order valence-electron chi connectivity index (χ3n) is 5.58. The van der Waals surface area contributed by atoms with Crippen LogP contribution in [0.1, 0.15) is 12.0 Å². The average molecular weight is 404 g/mol. The average Bonchev–Trinajstić information content (AvgIpc) is 3.12. The van der Waals surface area contributed by atoms with Gasteiger partial charge in [0.2, 0.25) is 0 Å². The lowest BCUT2D eigenvalue weighted by Crippen LogP contribution is -2.44. The molecule has 2 aromatic carbocycles. The van der Waals surface area contributed by atoms with Gasteiger partial charge in [0.15, 0.2) is 0 Å². The van der Waals surface area contributed by atoms with E-state index in [0.29, 0.717) is 5.56 Å². The minimum Gasteiger partial charge on any atom is -0.304 e. The fraction of sp³-hybridized carbons (Fsp3) is 0.333. The summed E-state index contributed by atoms with van der Waals surface area (Å²) in [5, 5.41) is 3.28. The topological polar surface area (TPSA) is 56.6 Å². The normalized spacial score (nSPS) is 15.8. The molecule has 0 bridgehead atoms. The Bertz CT molecular complexity index is 1010. The van der Waals surface area contributed by atoms with E-state index in [1.807, 2.05) is 60.7 Å². The standard InChI is InChI=1S/C24H29N5O/c1-27-15-17-28(18-16-27)14-8-13-25-19-22-23(20-9-4-2-5-10-20)26-29(24(22)30)21-11-6-3-7-12-21/h2-7,9-12,19,26H,8,13-18H2,1H3. The molecule has 1 aromatic heterocycles. The van der Waals surface area contributed by atoms with E-state index in [9.17, 15) is 4.79 Å². The van der Waals surface area contributed by atoms with Crippen molar-refractivity contribution in [3.63, 3.8) is 0 Å². The van der Waals surface area contributed by atoms with Crippen LogP contribution in [0, 0.1) is 0 Å². The fourth-order valence-corrected chi connectivity index (χ4v) is 3.77. The second kappa shape index (κ2) is 9.69. The van der Waals surface area contributed by atoms with Crippen LogP contribution < -0.4 is 5.56 Å². The summed E-state index contributed by atoms with van der Waals surface area (Å²) in [4.78, 5) is 22.6. The highest BCUT2D eigenvalue weighted by Crippen LogP contribution is 2.19. The molecule has 1 aliphatic heterocycles. The monoisotopic (exact) mass is 403 g/mol. The fourth-order valence-electron chi connectivity index (χ4n) is 3.77. The molecule has 1 saturated heterocycles. The predicted molar refractivity (Wildman–Crippen MR) is 123 cm³/mol. The van der Waals surface area contributed by atoms with Gasteiger partial charge in [0, 0.05) is 44.5 Å². The molecule has 1 aliphatic rings. The summed E-state index contributed by atoms with van der Waals surface area (Å²) in [6.07, 6.45) is 2.74. The number of hydrogen-bond donors (Lipinski definition) is 1. The maximum atomic E-state index is 13.1. The minimum atomic E-state index is -0.0807. The van der Waals surface area contributed by atoms with Crippen LogP contribution in [0.4, 0.5) is 0 Å². The number of aliphatic imine (C=N–C) groups is 1. The highest BCUT2D eigenvalue weighted by molar-refractivity contribution is 5.88. The molecule has 0 amide bonds. The number of nitrogens with one attached hydrogen (secondary N) is 1. The number of piperazine rings is 1. The van der Waals surface area contributed by atoms with Gasteiger partial charge >= 0.3 is 0 Å². The molecule has 6 heteroatoms. The van der Waals surface area contributed by atoms with Gasteiger partial charge in [-0.3, -0.25) is 14.9 Å². The van der Waals surface area contributed by atoms with Gasteiger partial charge in [0.25, 0.3) is 5.56 Å². The molecule has 2 heterocycles. The van der Waals surface area contributed by atoms with Crippen molar-refractivity contribution in [2.24, 2.45) is 4.99 Å². The van der Waals surface area contributed by atoms with E-state index in [1.54, 1.807) is 10.9 Å². The molecular formula is C24H29N5O. The van der Waals surface area contributed by atoms with Crippen LogP contribution in [0.2, 0.25) is 0 Å². The molecule has 0 saturated carbocycles. The van der Waals surface area contributed by atoms with Crippen molar-refractivity contribution in [1.29, 1.82) is 0 Å². The summed E-state index contributed by atoms with van der Waals surface area (Å²) in [6.45, 7) is 6.28. The zero-order valence-electron chi connectivity index (χ0n) is 17.5. The third kappa shape index (κ3) is 4.78. The lowest BCUT2D eigenvalue weighted by molar-refractivity contribution is 0.153. The Morgan fingerprint density at radius 3 is 2.33 bits per heavy atom. The van der Waals surface area contributed by atoms with Crippen LogP contribution in [0.25, 0.3) is 16.9 Å². The third-order valence-corrected chi connectivity index (χ3v) is 5.58. The summed E-state index contributed by atoms with van der Waals surface area (Å²) < 4.78 is 1.59. The zero-order valence-corrected chi connectivity index (χ0v) is 17.5. The molecule has 30 heavy (non-hydrogen) atoms. The van der Waals surface area contributed by atoms with Crippen LogP contribution >= 0.6 is 0 Å². The van der Waals surface area contributed by atoms with Crippen LogP contribution in [0.3, 0.4) is 0 Å². The van der Waals surface area contributed by atoms with Crippen LogP contribution in [-0.2, 0) is 0 Å². The first kappa shape index (κ1) is 20.3. The van der Waals surface area contributed by atoms with Gasteiger partial charge < -0.3 is 9.80 Å². The van der Waals surface area contributed by atoms with E-state index in [1.165, 1.54) is 0 Å². The molecule has 0 spiro atoms. The molecule has 0 atom stereocenters. The van der Waals surface area contributed by atoms with E-state index in [2.05, 4.69) is 26.9 Å². The van der Waals surface area contributed by atoms with Crippen LogP contribution in [-0.4, -0.2) is 72.1 Å². The zero-order chi connectivity index (χ0) is 20.8. The molecular weight excluding hydrogens is 374 g/mol.